The van der Waals surface area contributed by atoms with Crippen molar-refractivity contribution in [3.63, 3.8) is 0 Å². The lowest BCUT2D eigenvalue weighted by Crippen LogP contribution is -2.48. The molecule has 0 aromatic heterocycles. The lowest BCUT2D eigenvalue weighted by Gasteiger charge is -2.34. The predicted molar refractivity (Wildman–Crippen MR) is 105 cm³/mol. The summed E-state index contributed by atoms with van der Waals surface area (Å²) >= 11 is 0. The minimum Gasteiger partial charge on any atom is -0.478 e. The molecule has 5 heteroatoms. The number of aryl methyl sites for hydroxylation is 1. The van der Waals surface area contributed by atoms with Crippen LogP contribution in [-0.2, 0) is 17.8 Å². The number of carbonyl (C=O) groups is 2. The summed E-state index contributed by atoms with van der Waals surface area (Å²) in [6, 6.07) is 17.3. The molecule has 1 amide bonds. The number of benzene rings is 2. The van der Waals surface area contributed by atoms with Crippen LogP contribution in [0.1, 0.15) is 34.3 Å². The van der Waals surface area contributed by atoms with Crippen molar-refractivity contribution in [1.82, 2.24) is 9.80 Å². The van der Waals surface area contributed by atoms with Gasteiger partial charge in [-0.15, -0.1) is 0 Å². The molecule has 1 N–H and O–H groups in total. The van der Waals surface area contributed by atoms with Gasteiger partial charge in [0.25, 0.3) is 0 Å². The molecule has 2 aromatic rings. The van der Waals surface area contributed by atoms with Crippen LogP contribution in [0.15, 0.2) is 54.6 Å². The molecular weight excluding hydrogens is 340 g/mol. The minimum atomic E-state index is -0.902. The number of amides is 1. The molecule has 0 atom stereocenters. The predicted octanol–water partition coefficient (Wildman–Crippen LogP) is 3.05. The molecule has 142 valence electrons. The van der Waals surface area contributed by atoms with Crippen molar-refractivity contribution in [2.24, 2.45) is 0 Å². The Morgan fingerprint density at radius 3 is 2.15 bits per heavy atom. The number of rotatable bonds is 7. The first-order valence-electron chi connectivity index (χ1n) is 9.48. The number of nitrogens with zero attached hydrogens (tertiary/aromatic N) is 2. The van der Waals surface area contributed by atoms with Crippen molar-refractivity contribution in [3.8, 4) is 0 Å². The summed E-state index contributed by atoms with van der Waals surface area (Å²) in [7, 11) is 0. The van der Waals surface area contributed by atoms with Gasteiger partial charge in [-0.3, -0.25) is 9.69 Å². The molecule has 1 aliphatic rings. The van der Waals surface area contributed by atoms with Crippen LogP contribution in [0, 0.1) is 0 Å². The summed E-state index contributed by atoms with van der Waals surface area (Å²) in [5.41, 5.74) is 2.69. The van der Waals surface area contributed by atoms with E-state index in [0.29, 0.717) is 12.0 Å². The highest BCUT2D eigenvalue weighted by molar-refractivity contribution is 5.87. The van der Waals surface area contributed by atoms with Crippen LogP contribution < -0.4 is 0 Å². The van der Waals surface area contributed by atoms with Gasteiger partial charge in [-0.1, -0.05) is 42.5 Å². The van der Waals surface area contributed by atoms with Crippen molar-refractivity contribution in [1.29, 1.82) is 0 Å². The number of piperazine rings is 1. The van der Waals surface area contributed by atoms with E-state index in [4.69, 9.17) is 5.11 Å². The quantitative estimate of drug-likeness (QED) is 0.818. The van der Waals surface area contributed by atoms with Crippen LogP contribution in [0.2, 0.25) is 0 Å². The molecule has 0 radical (unpaired) electrons. The van der Waals surface area contributed by atoms with Crippen LogP contribution in [0.4, 0.5) is 0 Å². The molecule has 1 fully saturated rings. The van der Waals surface area contributed by atoms with E-state index in [1.54, 1.807) is 12.1 Å². The zero-order valence-electron chi connectivity index (χ0n) is 15.5. The minimum absolute atomic E-state index is 0.247. The molecule has 0 aliphatic carbocycles. The van der Waals surface area contributed by atoms with Gasteiger partial charge in [0.1, 0.15) is 0 Å². The van der Waals surface area contributed by atoms with Crippen molar-refractivity contribution in [2.75, 3.05) is 26.2 Å². The number of carbonyl (C=O) groups excluding carboxylic acids is 1. The Balaban J connectivity index is 1.39. The molecule has 0 saturated carbocycles. The van der Waals surface area contributed by atoms with Gasteiger partial charge >= 0.3 is 5.97 Å². The van der Waals surface area contributed by atoms with E-state index in [1.807, 2.05) is 35.2 Å². The monoisotopic (exact) mass is 366 g/mol. The normalized spacial score (nSPS) is 14.9. The molecule has 0 bridgehead atoms. The molecule has 2 aromatic carbocycles. The molecule has 5 nitrogen and oxygen atoms in total. The van der Waals surface area contributed by atoms with Gasteiger partial charge in [-0.05, 0) is 36.1 Å². The summed E-state index contributed by atoms with van der Waals surface area (Å²) in [6.45, 7) is 4.01. The number of carboxylic acids is 1. The molecule has 1 heterocycles. The zero-order valence-corrected chi connectivity index (χ0v) is 15.5. The highest BCUT2D eigenvalue weighted by Gasteiger charge is 2.20. The number of hydrogen-bond acceptors (Lipinski definition) is 3. The standard InChI is InChI=1S/C22H26N2O3/c25-21(8-4-7-18-5-2-1-3-6-18)24-15-13-23(14-16-24)17-19-9-11-20(12-10-19)22(26)27/h1-3,5-6,9-12H,4,7-8,13-17H2,(H,26,27). The molecule has 3 rings (SSSR count). The maximum Gasteiger partial charge on any atom is 0.335 e. The smallest absolute Gasteiger partial charge is 0.335 e. The highest BCUT2D eigenvalue weighted by atomic mass is 16.4. The van der Waals surface area contributed by atoms with Gasteiger partial charge in [0.2, 0.25) is 5.91 Å². The van der Waals surface area contributed by atoms with E-state index in [-0.39, 0.29) is 5.91 Å². The van der Waals surface area contributed by atoms with Crippen LogP contribution >= 0.6 is 0 Å². The third-order valence-electron chi connectivity index (χ3n) is 5.03. The first-order chi connectivity index (χ1) is 13.1. The number of hydrogen-bond donors (Lipinski definition) is 1. The van der Waals surface area contributed by atoms with Gasteiger partial charge in [-0.2, -0.15) is 0 Å². The number of aromatic carboxylic acids is 1. The van der Waals surface area contributed by atoms with Gasteiger partial charge in [0, 0.05) is 39.1 Å². The Morgan fingerprint density at radius 1 is 0.852 bits per heavy atom. The molecule has 1 saturated heterocycles. The fraction of sp³-hybridized carbons (Fsp3) is 0.364. The summed E-state index contributed by atoms with van der Waals surface area (Å²) < 4.78 is 0. The Bertz CT molecular complexity index is 751. The third-order valence-corrected chi connectivity index (χ3v) is 5.03. The summed E-state index contributed by atoms with van der Waals surface area (Å²) in [5, 5.41) is 8.96. The molecule has 0 unspecified atom stereocenters. The second-order valence-corrected chi connectivity index (χ2v) is 7.00. The second kappa shape index (κ2) is 9.33. The van der Waals surface area contributed by atoms with Crippen LogP contribution in [0.25, 0.3) is 0 Å². The summed E-state index contributed by atoms with van der Waals surface area (Å²) in [5.74, 6) is -0.655. The lowest BCUT2D eigenvalue weighted by molar-refractivity contribution is -0.133. The fourth-order valence-corrected chi connectivity index (χ4v) is 3.41. The van der Waals surface area contributed by atoms with Gasteiger partial charge in [-0.25, -0.2) is 4.79 Å². The van der Waals surface area contributed by atoms with Crippen LogP contribution in [-0.4, -0.2) is 53.0 Å². The Labute approximate surface area is 160 Å². The van der Waals surface area contributed by atoms with E-state index in [0.717, 1.165) is 51.1 Å². The van der Waals surface area contributed by atoms with Crippen molar-refractivity contribution in [3.05, 3.63) is 71.3 Å². The molecular formula is C22H26N2O3. The molecule has 1 aliphatic heterocycles. The van der Waals surface area contributed by atoms with Crippen LogP contribution in [0.3, 0.4) is 0 Å². The second-order valence-electron chi connectivity index (χ2n) is 7.00. The van der Waals surface area contributed by atoms with E-state index in [9.17, 15) is 9.59 Å². The maximum atomic E-state index is 12.4. The summed E-state index contributed by atoms with van der Waals surface area (Å²) in [4.78, 5) is 27.6. The van der Waals surface area contributed by atoms with E-state index < -0.39 is 5.97 Å². The van der Waals surface area contributed by atoms with E-state index in [1.165, 1.54) is 5.56 Å². The highest BCUT2D eigenvalue weighted by Crippen LogP contribution is 2.12. The largest absolute Gasteiger partial charge is 0.478 e. The first kappa shape index (κ1) is 19.1. The average Bonchev–Trinajstić information content (AvgIpc) is 2.70. The Hall–Kier alpha value is -2.66. The average molecular weight is 366 g/mol. The zero-order chi connectivity index (χ0) is 19.1. The first-order valence-corrected chi connectivity index (χ1v) is 9.48. The van der Waals surface area contributed by atoms with Crippen molar-refractivity contribution >= 4 is 11.9 Å². The SMILES string of the molecule is O=C(O)c1ccc(CN2CCN(C(=O)CCCc3ccccc3)CC2)cc1. The van der Waals surface area contributed by atoms with Crippen molar-refractivity contribution < 1.29 is 14.7 Å². The molecule has 0 spiro atoms. The molecule has 27 heavy (non-hydrogen) atoms. The lowest BCUT2D eigenvalue weighted by atomic mass is 10.1. The maximum absolute atomic E-state index is 12.4. The van der Waals surface area contributed by atoms with Crippen LogP contribution in [0.5, 0.6) is 0 Å². The van der Waals surface area contributed by atoms with Gasteiger partial charge in [0.05, 0.1) is 5.56 Å². The van der Waals surface area contributed by atoms with Gasteiger partial charge < -0.3 is 10.0 Å². The van der Waals surface area contributed by atoms with E-state index in [2.05, 4.69) is 17.0 Å². The Morgan fingerprint density at radius 2 is 1.52 bits per heavy atom. The van der Waals surface area contributed by atoms with Crippen molar-refractivity contribution in [2.45, 2.75) is 25.8 Å². The Kier molecular flexibility index (Phi) is 6.60. The third kappa shape index (κ3) is 5.66. The topological polar surface area (TPSA) is 60.9 Å². The summed E-state index contributed by atoms with van der Waals surface area (Å²) in [6.07, 6.45) is 2.43. The number of carboxylic acid groups (broad SMARTS) is 1. The fourth-order valence-electron chi connectivity index (χ4n) is 3.41. The van der Waals surface area contributed by atoms with Gasteiger partial charge in [0.15, 0.2) is 0 Å². The van der Waals surface area contributed by atoms with E-state index >= 15 is 0 Å².